The van der Waals surface area contributed by atoms with Gasteiger partial charge in [0.2, 0.25) is 0 Å². The monoisotopic (exact) mass is 1400 g/mol. The van der Waals surface area contributed by atoms with Crippen LogP contribution >= 0.6 is 15.6 Å². The van der Waals surface area contributed by atoms with Crippen LogP contribution in [0.4, 0.5) is 0 Å². The lowest BCUT2D eigenvalue weighted by molar-refractivity contribution is -0.161. The van der Waals surface area contributed by atoms with Crippen LogP contribution < -0.4 is 0 Å². The smallest absolute Gasteiger partial charge is 0.462 e. The lowest BCUT2D eigenvalue weighted by atomic mass is 10.1. The molecular formula is C77H138O17P2. The summed E-state index contributed by atoms with van der Waals surface area (Å²) in [7, 11) is -9.94. The van der Waals surface area contributed by atoms with Crippen molar-refractivity contribution in [3.05, 3.63) is 72.9 Å². The maximum atomic E-state index is 13.1. The molecule has 3 N–H and O–H groups in total. The largest absolute Gasteiger partial charge is 0.472 e. The van der Waals surface area contributed by atoms with Crippen LogP contribution in [0.3, 0.4) is 0 Å². The zero-order valence-electron chi connectivity index (χ0n) is 60.8. The molecule has 0 aromatic heterocycles. The van der Waals surface area contributed by atoms with Gasteiger partial charge < -0.3 is 33.8 Å². The zero-order chi connectivity index (χ0) is 70.4. The molecule has 0 radical (unpaired) electrons. The highest BCUT2D eigenvalue weighted by Crippen LogP contribution is 2.45. The Balaban J connectivity index is 5.31. The number of hydrogen-bond acceptors (Lipinski definition) is 15. The van der Waals surface area contributed by atoms with Gasteiger partial charge in [-0.15, -0.1) is 0 Å². The average molecular weight is 1400 g/mol. The van der Waals surface area contributed by atoms with Gasteiger partial charge in [-0.3, -0.25) is 37.3 Å². The van der Waals surface area contributed by atoms with Crippen molar-refractivity contribution in [1.82, 2.24) is 0 Å². The lowest BCUT2D eigenvalue weighted by Gasteiger charge is -2.21. The van der Waals surface area contributed by atoms with Gasteiger partial charge in [-0.05, 0) is 96.3 Å². The summed E-state index contributed by atoms with van der Waals surface area (Å²) >= 11 is 0. The van der Waals surface area contributed by atoms with Crippen LogP contribution in [0, 0.1) is 0 Å². The van der Waals surface area contributed by atoms with Crippen LogP contribution in [0.15, 0.2) is 72.9 Å². The SMILES string of the molecule is CC/C=C\C/C=C\C/C=C\CCCCCCCC(=O)OC(COC(=O)CCCCCCCC/C=C\C/C=C\C/C=C\CCCCC)COP(=O)(O)OCC(O)COP(=O)(O)OCC(COC(=O)CCCCCCCCCCCCC)OC(=O)CCCCCCCCCCCCC. The first-order chi connectivity index (χ1) is 46.7. The normalized spacial score (nSPS) is 14.4. The highest BCUT2D eigenvalue weighted by Gasteiger charge is 2.30. The van der Waals surface area contributed by atoms with E-state index in [0.29, 0.717) is 25.7 Å². The van der Waals surface area contributed by atoms with Crippen molar-refractivity contribution in [2.75, 3.05) is 39.6 Å². The number of aliphatic hydroxyl groups excluding tert-OH is 1. The van der Waals surface area contributed by atoms with E-state index in [2.05, 4.69) is 101 Å². The lowest BCUT2D eigenvalue weighted by Crippen LogP contribution is -2.30. The molecule has 0 amide bonds. The minimum absolute atomic E-state index is 0.0747. The maximum absolute atomic E-state index is 13.1. The van der Waals surface area contributed by atoms with E-state index >= 15 is 0 Å². The molecule has 558 valence electrons. The quantitative estimate of drug-likeness (QED) is 0.0169. The van der Waals surface area contributed by atoms with E-state index in [1.807, 2.05) is 0 Å². The summed E-state index contributed by atoms with van der Waals surface area (Å²) in [6.07, 6.45) is 68.9. The second kappa shape index (κ2) is 70.0. The van der Waals surface area contributed by atoms with Crippen molar-refractivity contribution in [3.8, 4) is 0 Å². The van der Waals surface area contributed by atoms with Gasteiger partial charge >= 0.3 is 39.5 Å². The highest BCUT2D eigenvalue weighted by atomic mass is 31.2. The number of unbranched alkanes of at least 4 members (excludes halogenated alkanes) is 34. The first-order valence-electron chi connectivity index (χ1n) is 38.2. The van der Waals surface area contributed by atoms with Crippen LogP contribution in [-0.4, -0.2) is 96.7 Å². The molecule has 0 bridgehead atoms. The molecule has 0 saturated carbocycles. The predicted molar refractivity (Wildman–Crippen MR) is 390 cm³/mol. The van der Waals surface area contributed by atoms with Crippen LogP contribution in [-0.2, 0) is 65.4 Å². The molecule has 0 aromatic carbocycles. The Labute approximate surface area is 583 Å². The Morgan fingerprint density at radius 1 is 0.302 bits per heavy atom. The van der Waals surface area contributed by atoms with E-state index in [4.69, 9.17) is 37.0 Å². The van der Waals surface area contributed by atoms with Gasteiger partial charge in [-0.1, -0.05) is 287 Å². The summed E-state index contributed by atoms with van der Waals surface area (Å²) in [5, 5.41) is 10.6. The number of allylic oxidation sites excluding steroid dienone is 12. The third-order valence-corrected chi connectivity index (χ3v) is 18.1. The molecule has 0 spiro atoms. The number of carbonyl (C=O) groups is 4. The summed E-state index contributed by atoms with van der Waals surface area (Å²) in [5.74, 6) is -2.18. The Morgan fingerprint density at radius 3 is 0.854 bits per heavy atom. The van der Waals surface area contributed by atoms with E-state index in [1.54, 1.807) is 0 Å². The predicted octanol–water partition coefficient (Wildman–Crippen LogP) is 21.7. The van der Waals surface area contributed by atoms with Crippen molar-refractivity contribution in [1.29, 1.82) is 0 Å². The fraction of sp³-hybridized carbons (Fsp3) is 0.792. The summed E-state index contributed by atoms with van der Waals surface area (Å²) in [5.41, 5.74) is 0. The molecule has 5 atom stereocenters. The molecule has 0 rings (SSSR count). The van der Waals surface area contributed by atoms with Crippen molar-refractivity contribution < 1.29 is 80.2 Å². The van der Waals surface area contributed by atoms with Crippen LogP contribution in [0.25, 0.3) is 0 Å². The van der Waals surface area contributed by atoms with Gasteiger partial charge in [-0.25, -0.2) is 9.13 Å². The van der Waals surface area contributed by atoms with Gasteiger partial charge in [0.05, 0.1) is 26.4 Å². The Bertz CT molecular complexity index is 2110. The number of hydrogen-bond donors (Lipinski definition) is 3. The molecule has 0 aliphatic carbocycles. The topological polar surface area (TPSA) is 237 Å². The van der Waals surface area contributed by atoms with Crippen LogP contribution in [0.1, 0.15) is 336 Å². The summed E-state index contributed by atoms with van der Waals surface area (Å²) in [4.78, 5) is 72.7. The molecule has 17 nitrogen and oxygen atoms in total. The minimum atomic E-state index is -4.98. The number of phosphoric ester groups is 2. The number of carbonyl (C=O) groups excluding carboxylic acids is 4. The number of phosphoric acid groups is 2. The van der Waals surface area contributed by atoms with Crippen LogP contribution in [0.2, 0.25) is 0 Å². The van der Waals surface area contributed by atoms with E-state index in [1.165, 1.54) is 103 Å². The Morgan fingerprint density at radius 2 is 0.542 bits per heavy atom. The summed E-state index contributed by atoms with van der Waals surface area (Å²) in [6, 6.07) is 0. The molecule has 0 fully saturated rings. The number of ether oxygens (including phenoxy) is 4. The standard InChI is InChI=1S/C77H138O17P2/c1-5-9-13-17-21-25-29-31-33-34-35-36-38-39-43-46-50-54-58-62-75(80)88-68-73(94-77(82)64-60-56-52-48-44-40-37-32-30-26-22-18-14-10-6-2)70-92-96(85,86)90-66-71(78)65-89-95(83,84)91-69-72(93-76(81)63-59-55-51-47-42-28-24-20-16-12-8-4)67-87-74(79)61-57-53-49-45-41-27-23-19-15-11-7-3/h10,14,21-22,25-26,31-33,35-37,71-73,78H,5-9,11-13,15-20,23-24,27-30,34,38-70H2,1-4H3,(H,83,84)(H,85,86)/b14-10-,25-21-,26-22-,33-31-,36-35-,37-32-. The van der Waals surface area contributed by atoms with Gasteiger partial charge in [0, 0.05) is 25.7 Å². The average Bonchev–Trinajstić information content (AvgIpc) is 1.16. The number of esters is 4. The fourth-order valence-electron chi connectivity index (χ4n) is 10.4. The highest BCUT2D eigenvalue weighted by molar-refractivity contribution is 7.47. The Hall–Kier alpha value is -3.50. The zero-order valence-corrected chi connectivity index (χ0v) is 62.6. The van der Waals surface area contributed by atoms with Crippen molar-refractivity contribution >= 4 is 39.5 Å². The first kappa shape index (κ1) is 92.5. The van der Waals surface area contributed by atoms with E-state index in [-0.39, 0.29) is 25.7 Å². The molecule has 0 aliphatic rings. The van der Waals surface area contributed by atoms with Crippen molar-refractivity contribution in [2.45, 2.75) is 354 Å². The van der Waals surface area contributed by atoms with Crippen molar-refractivity contribution in [2.24, 2.45) is 0 Å². The molecule has 0 heterocycles. The molecule has 96 heavy (non-hydrogen) atoms. The molecule has 0 aliphatic heterocycles. The molecular weight excluding hydrogens is 1260 g/mol. The van der Waals surface area contributed by atoms with Crippen molar-refractivity contribution in [3.63, 3.8) is 0 Å². The van der Waals surface area contributed by atoms with Gasteiger partial charge in [0.1, 0.15) is 19.3 Å². The molecule has 19 heteroatoms. The maximum Gasteiger partial charge on any atom is 0.472 e. The Kier molecular flexibility index (Phi) is 67.4. The molecule has 5 unspecified atom stereocenters. The van der Waals surface area contributed by atoms with Gasteiger partial charge in [-0.2, -0.15) is 0 Å². The summed E-state index contributed by atoms with van der Waals surface area (Å²) < 4.78 is 68.4. The number of rotatable bonds is 72. The second-order valence-electron chi connectivity index (χ2n) is 25.6. The third-order valence-electron chi connectivity index (χ3n) is 16.2. The fourth-order valence-corrected chi connectivity index (χ4v) is 11.9. The van der Waals surface area contributed by atoms with E-state index in [9.17, 15) is 43.2 Å². The van der Waals surface area contributed by atoms with Gasteiger partial charge in [0.25, 0.3) is 0 Å². The second-order valence-corrected chi connectivity index (χ2v) is 28.5. The number of aliphatic hydroxyl groups is 1. The third kappa shape index (κ3) is 69.0. The van der Waals surface area contributed by atoms with Gasteiger partial charge in [0.15, 0.2) is 12.2 Å². The van der Waals surface area contributed by atoms with Crippen LogP contribution in [0.5, 0.6) is 0 Å². The summed E-state index contributed by atoms with van der Waals surface area (Å²) in [6.45, 7) is 4.72. The molecule has 0 aromatic rings. The molecule has 0 saturated heterocycles. The van der Waals surface area contributed by atoms with E-state index in [0.717, 1.165) is 154 Å². The first-order valence-corrected chi connectivity index (χ1v) is 41.2. The van der Waals surface area contributed by atoms with E-state index < -0.39 is 97.5 Å². The minimum Gasteiger partial charge on any atom is -0.462 e.